The molecule has 0 saturated carbocycles. The maximum atomic E-state index is 13.8. The third-order valence-corrected chi connectivity index (χ3v) is 2.97. The summed E-state index contributed by atoms with van der Waals surface area (Å²) in [6.45, 7) is 5.86. The molecule has 1 heterocycles. The number of hydrogen-bond acceptors (Lipinski definition) is 3. The van der Waals surface area contributed by atoms with Gasteiger partial charge in [-0.05, 0) is 25.0 Å². The van der Waals surface area contributed by atoms with Crippen LogP contribution in [0.1, 0.15) is 31.0 Å². The van der Waals surface area contributed by atoms with Gasteiger partial charge in [0.05, 0.1) is 24.7 Å². The molecule has 0 aliphatic heterocycles. The van der Waals surface area contributed by atoms with Crippen LogP contribution < -0.4 is 4.74 Å². The number of rotatable bonds is 3. The van der Waals surface area contributed by atoms with E-state index in [9.17, 15) is 4.39 Å². The number of nitrogens with zero attached hydrogens (tertiary/aromatic N) is 2. The van der Waals surface area contributed by atoms with Crippen LogP contribution in [0, 0.1) is 12.7 Å². The van der Waals surface area contributed by atoms with Gasteiger partial charge in [0, 0.05) is 17.3 Å². The van der Waals surface area contributed by atoms with Gasteiger partial charge in [-0.1, -0.05) is 13.8 Å². The largest absolute Gasteiger partial charge is 0.496 e. The van der Waals surface area contributed by atoms with Crippen LogP contribution in [0.2, 0.25) is 0 Å². The van der Waals surface area contributed by atoms with E-state index in [1.165, 1.54) is 12.1 Å². The Morgan fingerprint density at radius 1 is 1.16 bits per heavy atom. The number of benzene rings is 1. The lowest BCUT2D eigenvalue weighted by Gasteiger charge is -2.16. The lowest BCUT2D eigenvalue weighted by molar-refractivity contribution is 0.407. The summed E-state index contributed by atoms with van der Waals surface area (Å²) in [6, 6.07) is 2.94. The number of hydrogen-bond donors (Lipinski definition) is 0. The van der Waals surface area contributed by atoms with Crippen molar-refractivity contribution in [1.29, 1.82) is 0 Å². The molecule has 0 unspecified atom stereocenters. The molecule has 0 fully saturated rings. The van der Waals surface area contributed by atoms with Crippen LogP contribution in [-0.4, -0.2) is 17.1 Å². The van der Waals surface area contributed by atoms with E-state index in [1.54, 1.807) is 19.5 Å². The van der Waals surface area contributed by atoms with Gasteiger partial charge in [0.2, 0.25) is 0 Å². The quantitative estimate of drug-likeness (QED) is 0.843. The third kappa shape index (κ3) is 2.72. The smallest absolute Gasteiger partial charge is 0.131 e. The summed E-state index contributed by atoms with van der Waals surface area (Å²) in [4.78, 5) is 8.48. The summed E-state index contributed by atoms with van der Waals surface area (Å²) in [6.07, 6.45) is 3.30. The van der Waals surface area contributed by atoms with E-state index in [4.69, 9.17) is 4.74 Å². The van der Waals surface area contributed by atoms with Gasteiger partial charge in [-0.2, -0.15) is 0 Å². The van der Waals surface area contributed by atoms with Crippen molar-refractivity contribution in [2.24, 2.45) is 0 Å². The Balaban J connectivity index is 2.64. The minimum Gasteiger partial charge on any atom is -0.496 e. The van der Waals surface area contributed by atoms with Crippen molar-refractivity contribution in [3.63, 3.8) is 0 Å². The number of halogens is 1. The van der Waals surface area contributed by atoms with Crippen LogP contribution in [-0.2, 0) is 0 Å². The zero-order valence-electron chi connectivity index (χ0n) is 11.6. The molecule has 0 spiro atoms. The average Bonchev–Trinajstić information content (AvgIpc) is 2.38. The molecule has 3 nitrogen and oxygen atoms in total. The Bertz CT molecular complexity index is 579. The highest BCUT2D eigenvalue weighted by atomic mass is 19.1. The summed E-state index contributed by atoms with van der Waals surface area (Å²) in [5, 5.41) is 0. The number of ether oxygens (including phenoxy) is 1. The van der Waals surface area contributed by atoms with Crippen molar-refractivity contribution in [2.45, 2.75) is 26.7 Å². The highest BCUT2D eigenvalue weighted by Gasteiger charge is 2.16. The van der Waals surface area contributed by atoms with Crippen molar-refractivity contribution in [3.8, 4) is 17.0 Å². The first-order valence-corrected chi connectivity index (χ1v) is 6.19. The van der Waals surface area contributed by atoms with E-state index >= 15 is 0 Å². The van der Waals surface area contributed by atoms with E-state index in [2.05, 4.69) is 9.97 Å². The van der Waals surface area contributed by atoms with Gasteiger partial charge in [0.15, 0.2) is 0 Å². The molecule has 100 valence electrons. The molecule has 1 aromatic heterocycles. The molecule has 4 heteroatoms. The van der Waals surface area contributed by atoms with Gasteiger partial charge in [0.1, 0.15) is 11.6 Å². The summed E-state index contributed by atoms with van der Waals surface area (Å²) in [7, 11) is 1.59. The normalized spacial score (nSPS) is 10.8. The second-order valence-electron chi connectivity index (χ2n) is 4.77. The zero-order chi connectivity index (χ0) is 14.0. The van der Waals surface area contributed by atoms with Crippen LogP contribution >= 0.6 is 0 Å². The topological polar surface area (TPSA) is 35.0 Å². The van der Waals surface area contributed by atoms with Gasteiger partial charge in [-0.3, -0.25) is 9.97 Å². The molecule has 0 atom stereocenters. The Labute approximate surface area is 112 Å². The maximum Gasteiger partial charge on any atom is 0.131 e. The lowest BCUT2D eigenvalue weighted by atomic mass is 9.97. The molecule has 0 saturated heterocycles. The lowest BCUT2D eigenvalue weighted by Crippen LogP contribution is -2.00. The first kappa shape index (κ1) is 13.5. The van der Waals surface area contributed by atoms with Crippen LogP contribution in [0.5, 0.6) is 5.75 Å². The first-order valence-electron chi connectivity index (χ1n) is 6.19. The highest BCUT2D eigenvalue weighted by molar-refractivity contribution is 5.69. The highest BCUT2D eigenvalue weighted by Crippen LogP contribution is 2.36. The molecule has 2 aromatic rings. The van der Waals surface area contributed by atoms with Crippen LogP contribution in [0.15, 0.2) is 24.5 Å². The second kappa shape index (κ2) is 5.34. The molecule has 0 N–H and O–H groups in total. The molecule has 0 amide bonds. The summed E-state index contributed by atoms with van der Waals surface area (Å²) in [5.74, 6) is 0.541. The molecular formula is C15H17FN2O. The predicted molar refractivity (Wildman–Crippen MR) is 72.8 cm³/mol. The fourth-order valence-corrected chi connectivity index (χ4v) is 1.99. The Kier molecular flexibility index (Phi) is 3.79. The molecule has 2 rings (SSSR count). The van der Waals surface area contributed by atoms with Crippen LogP contribution in [0.4, 0.5) is 4.39 Å². The maximum absolute atomic E-state index is 13.8. The van der Waals surface area contributed by atoms with Crippen molar-refractivity contribution in [1.82, 2.24) is 9.97 Å². The Hall–Kier alpha value is -1.97. The fraction of sp³-hybridized carbons (Fsp3) is 0.333. The van der Waals surface area contributed by atoms with Gasteiger partial charge in [-0.25, -0.2) is 4.39 Å². The molecule has 0 bridgehead atoms. The molecular weight excluding hydrogens is 243 g/mol. The monoisotopic (exact) mass is 260 g/mol. The van der Waals surface area contributed by atoms with Crippen LogP contribution in [0.25, 0.3) is 11.3 Å². The van der Waals surface area contributed by atoms with Crippen molar-refractivity contribution in [2.75, 3.05) is 7.11 Å². The standard InChI is InChI=1S/C15H17FN2O/c1-9(2)12-5-11(16)6-13(15(12)19-4)14-8-17-10(3)7-18-14/h5-9H,1-4H3. The van der Waals surface area contributed by atoms with Crippen molar-refractivity contribution >= 4 is 0 Å². The van der Waals surface area contributed by atoms with E-state index in [-0.39, 0.29) is 11.7 Å². The van der Waals surface area contributed by atoms with E-state index < -0.39 is 0 Å². The van der Waals surface area contributed by atoms with E-state index in [1.807, 2.05) is 20.8 Å². The van der Waals surface area contributed by atoms with Gasteiger partial charge in [0.25, 0.3) is 0 Å². The minimum absolute atomic E-state index is 0.169. The minimum atomic E-state index is -0.290. The Morgan fingerprint density at radius 3 is 2.42 bits per heavy atom. The van der Waals surface area contributed by atoms with Crippen molar-refractivity contribution in [3.05, 3.63) is 41.6 Å². The fourth-order valence-electron chi connectivity index (χ4n) is 1.99. The predicted octanol–water partition coefficient (Wildman–Crippen LogP) is 3.72. The SMILES string of the molecule is COc1c(-c2cnc(C)cn2)cc(F)cc1C(C)C. The van der Waals surface area contributed by atoms with Gasteiger partial charge >= 0.3 is 0 Å². The summed E-state index contributed by atoms with van der Waals surface area (Å²) < 4.78 is 19.2. The van der Waals surface area contributed by atoms with Crippen LogP contribution in [0.3, 0.4) is 0 Å². The Morgan fingerprint density at radius 2 is 1.89 bits per heavy atom. The van der Waals surface area contributed by atoms with Gasteiger partial charge in [-0.15, -0.1) is 0 Å². The molecule has 0 aliphatic rings. The summed E-state index contributed by atoms with van der Waals surface area (Å²) in [5.41, 5.74) is 2.91. The number of methoxy groups -OCH3 is 1. The first-order chi connectivity index (χ1) is 9.02. The second-order valence-corrected chi connectivity index (χ2v) is 4.77. The number of aromatic nitrogens is 2. The van der Waals surface area contributed by atoms with Gasteiger partial charge < -0.3 is 4.74 Å². The zero-order valence-corrected chi connectivity index (χ0v) is 11.6. The molecule has 19 heavy (non-hydrogen) atoms. The number of aryl methyl sites for hydroxylation is 1. The van der Waals surface area contributed by atoms with E-state index in [0.29, 0.717) is 17.0 Å². The third-order valence-electron chi connectivity index (χ3n) is 2.97. The average molecular weight is 260 g/mol. The van der Waals surface area contributed by atoms with E-state index in [0.717, 1.165) is 11.3 Å². The molecule has 1 aromatic carbocycles. The molecule has 0 radical (unpaired) electrons. The molecule has 0 aliphatic carbocycles. The van der Waals surface area contributed by atoms with Crippen molar-refractivity contribution < 1.29 is 9.13 Å². The summed E-state index contributed by atoms with van der Waals surface area (Å²) >= 11 is 0.